The number of benzene rings is 1. The van der Waals surface area contributed by atoms with Gasteiger partial charge in [-0.05, 0) is 23.4 Å². The van der Waals surface area contributed by atoms with Gasteiger partial charge in [-0.3, -0.25) is 0 Å². The number of hydrogen-bond donors (Lipinski definition) is 0. The van der Waals surface area contributed by atoms with Gasteiger partial charge in [0.05, 0.1) is 16.8 Å². The molecule has 1 saturated heterocycles. The van der Waals surface area contributed by atoms with Crippen molar-refractivity contribution < 1.29 is 16.8 Å². The van der Waals surface area contributed by atoms with Crippen LogP contribution in [0.2, 0.25) is 0 Å². The van der Waals surface area contributed by atoms with E-state index in [1.165, 1.54) is 15.6 Å². The van der Waals surface area contributed by atoms with Gasteiger partial charge in [0.25, 0.3) is 0 Å². The minimum Gasteiger partial charge on any atom is -0.228 e. The Kier molecular flexibility index (Phi) is 5.10. The van der Waals surface area contributed by atoms with Gasteiger partial charge in [0.1, 0.15) is 0 Å². The molecule has 0 aliphatic carbocycles. The van der Waals surface area contributed by atoms with Crippen LogP contribution in [0.15, 0.2) is 47.8 Å². The van der Waals surface area contributed by atoms with Crippen LogP contribution in [0.4, 0.5) is 0 Å². The highest BCUT2D eigenvalue weighted by molar-refractivity contribution is 7.92. The lowest BCUT2D eigenvalue weighted by molar-refractivity contribution is 0.428. The summed E-state index contributed by atoms with van der Waals surface area (Å²) in [6.07, 6.45) is 0.302. The van der Waals surface area contributed by atoms with Crippen molar-refractivity contribution in [3.63, 3.8) is 0 Å². The summed E-state index contributed by atoms with van der Waals surface area (Å²) in [5, 5.41) is 1.24. The molecule has 1 aromatic heterocycles. The molecule has 8 heteroatoms. The Balaban J connectivity index is 1.79. The van der Waals surface area contributed by atoms with E-state index in [4.69, 9.17) is 0 Å². The molecule has 1 unspecified atom stereocenters. The summed E-state index contributed by atoms with van der Waals surface area (Å²) in [5.74, 6) is -0.235. The fourth-order valence-corrected chi connectivity index (χ4v) is 7.54. The van der Waals surface area contributed by atoms with Crippen molar-refractivity contribution in [3.05, 3.63) is 58.3 Å². The van der Waals surface area contributed by atoms with Gasteiger partial charge >= 0.3 is 0 Å². The Morgan fingerprint density at radius 1 is 1.08 bits per heavy atom. The van der Waals surface area contributed by atoms with E-state index in [2.05, 4.69) is 0 Å². The lowest BCUT2D eigenvalue weighted by atomic mass is 10.2. The first-order valence-corrected chi connectivity index (χ1v) is 11.9. The SMILES string of the molecule is O=S1(=O)CCN(S(=O)(=O)Cc2ccccc2)CCC1c1cccs1. The zero-order valence-corrected chi connectivity index (χ0v) is 15.5. The van der Waals surface area contributed by atoms with E-state index in [0.29, 0.717) is 12.0 Å². The molecule has 3 rings (SSSR count). The minimum atomic E-state index is -3.53. The lowest BCUT2D eigenvalue weighted by Crippen LogP contribution is -2.34. The molecule has 2 heterocycles. The van der Waals surface area contributed by atoms with Crippen LogP contribution >= 0.6 is 11.3 Å². The molecule has 1 aromatic carbocycles. The Morgan fingerprint density at radius 2 is 1.83 bits per heavy atom. The summed E-state index contributed by atoms with van der Waals surface area (Å²) >= 11 is 1.41. The summed E-state index contributed by atoms with van der Waals surface area (Å²) in [6, 6.07) is 12.6. The first-order chi connectivity index (χ1) is 11.4. The predicted octanol–water partition coefficient (Wildman–Crippen LogP) is 2.44. The Hall–Kier alpha value is -1.22. The smallest absolute Gasteiger partial charge is 0.218 e. The molecule has 5 nitrogen and oxygen atoms in total. The van der Waals surface area contributed by atoms with Gasteiger partial charge in [-0.1, -0.05) is 36.4 Å². The van der Waals surface area contributed by atoms with Crippen molar-refractivity contribution in [1.29, 1.82) is 0 Å². The van der Waals surface area contributed by atoms with E-state index in [-0.39, 0.29) is 24.6 Å². The maximum absolute atomic E-state index is 12.6. The molecule has 130 valence electrons. The standard InChI is InChI=1S/C16H19NO4S3/c18-23(19)12-10-17(9-8-16(23)15-7-4-11-22-15)24(20,21)13-14-5-2-1-3-6-14/h1-7,11,16H,8-10,12-13H2. The molecule has 0 N–H and O–H groups in total. The fourth-order valence-electron chi connectivity index (χ4n) is 2.87. The highest BCUT2D eigenvalue weighted by atomic mass is 32.2. The molecule has 0 amide bonds. The molecular weight excluding hydrogens is 366 g/mol. The van der Waals surface area contributed by atoms with Crippen LogP contribution in [0.1, 0.15) is 22.1 Å². The summed E-state index contributed by atoms with van der Waals surface area (Å²) in [4.78, 5) is 0.789. The van der Waals surface area contributed by atoms with Gasteiger partial charge in [-0.2, -0.15) is 0 Å². The van der Waals surface area contributed by atoms with Gasteiger partial charge in [0, 0.05) is 18.0 Å². The zero-order chi connectivity index (χ0) is 17.2. The molecular formula is C16H19NO4S3. The summed E-state index contributed by atoms with van der Waals surface area (Å²) in [6.45, 7) is 0.260. The van der Waals surface area contributed by atoms with Crippen molar-refractivity contribution in [2.24, 2.45) is 0 Å². The van der Waals surface area contributed by atoms with Crippen molar-refractivity contribution in [1.82, 2.24) is 4.31 Å². The molecule has 0 bridgehead atoms. The molecule has 0 radical (unpaired) electrons. The molecule has 1 aliphatic rings. The van der Waals surface area contributed by atoms with Crippen LogP contribution in [0.3, 0.4) is 0 Å². The fraction of sp³-hybridized carbons (Fsp3) is 0.375. The lowest BCUT2D eigenvalue weighted by Gasteiger charge is -2.19. The Morgan fingerprint density at radius 3 is 2.50 bits per heavy atom. The van der Waals surface area contributed by atoms with Crippen LogP contribution in [0.25, 0.3) is 0 Å². The van der Waals surface area contributed by atoms with Crippen LogP contribution < -0.4 is 0 Å². The zero-order valence-electron chi connectivity index (χ0n) is 13.0. The monoisotopic (exact) mass is 385 g/mol. The number of rotatable bonds is 4. The number of sulfonamides is 1. The third-order valence-corrected chi connectivity index (χ3v) is 9.24. The number of nitrogens with zero attached hydrogens (tertiary/aromatic N) is 1. The largest absolute Gasteiger partial charge is 0.228 e. The van der Waals surface area contributed by atoms with E-state index in [0.717, 1.165) is 4.88 Å². The molecule has 0 spiro atoms. The highest BCUT2D eigenvalue weighted by Gasteiger charge is 2.35. The molecule has 0 saturated carbocycles. The average molecular weight is 386 g/mol. The van der Waals surface area contributed by atoms with Crippen molar-refractivity contribution in [2.75, 3.05) is 18.8 Å². The Bertz CT molecular complexity index is 875. The van der Waals surface area contributed by atoms with E-state index in [1.54, 1.807) is 30.3 Å². The Labute approximate surface area is 146 Å². The van der Waals surface area contributed by atoms with Gasteiger partial charge in [0.15, 0.2) is 9.84 Å². The number of hydrogen-bond acceptors (Lipinski definition) is 5. The van der Waals surface area contributed by atoms with E-state index in [9.17, 15) is 16.8 Å². The van der Waals surface area contributed by atoms with Crippen molar-refractivity contribution in [2.45, 2.75) is 17.4 Å². The molecule has 1 atom stereocenters. The molecule has 1 fully saturated rings. The first kappa shape index (κ1) is 17.6. The second kappa shape index (κ2) is 6.95. The maximum atomic E-state index is 12.6. The van der Waals surface area contributed by atoms with Crippen LogP contribution in [0, 0.1) is 0 Å². The number of sulfone groups is 1. The average Bonchev–Trinajstić information content (AvgIpc) is 2.99. The predicted molar refractivity (Wildman–Crippen MR) is 96.1 cm³/mol. The van der Waals surface area contributed by atoms with Crippen LogP contribution in [-0.2, 0) is 25.6 Å². The van der Waals surface area contributed by atoms with Crippen LogP contribution in [-0.4, -0.2) is 40.0 Å². The van der Waals surface area contributed by atoms with E-state index < -0.39 is 25.1 Å². The topological polar surface area (TPSA) is 71.5 Å². The van der Waals surface area contributed by atoms with Gasteiger partial charge in [-0.25, -0.2) is 21.1 Å². The molecule has 24 heavy (non-hydrogen) atoms. The van der Waals surface area contributed by atoms with E-state index >= 15 is 0 Å². The van der Waals surface area contributed by atoms with Crippen molar-refractivity contribution in [3.8, 4) is 0 Å². The van der Waals surface area contributed by atoms with Gasteiger partial charge < -0.3 is 0 Å². The second-order valence-electron chi connectivity index (χ2n) is 5.80. The number of thiophene rings is 1. The van der Waals surface area contributed by atoms with E-state index in [1.807, 2.05) is 17.5 Å². The summed E-state index contributed by atoms with van der Waals surface area (Å²) in [7, 11) is -6.87. The molecule has 2 aromatic rings. The minimum absolute atomic E-state index is 0.0272. The molecule has 1 aliphatic heterocycles. The van der Waals surface area contributed by atoms with Crippen molar-refractivity contribution >= 4 is 31.2 Å². The normalized spacial score (nSPS) is 22.1. The summed E-state index contributed by atoms with van der Waals surface area (Å²) < 4.78 is 51.6. The third kappa shape index (κ3) is 3.88. The van der Waals surface area contributed by atoms with Gasteiger partial charge in [0.2, 0.25) is 10.0 Å². The first-order valence-electron chi connectivity index (χ1n) is 7.65. The quantitative estimate of drug-likeness (QED) is 0.810. The summed E-state index contributed by atoms with van der Waals surface area (Å²) in [5.41, 5.74) is 0.708. The second-order valence-corrected chi connectivity index (χ2v) is 11.1. The maximum Gasteiger partial charge on any atom is 0.218 e. The highest BCUT2D eigenvalue weighted by Crippen LogP contribution is 2.33. The van der Waals surface area contributed by atoms with Gasteiger partial charge in [-0.15, -0.1) is 11.3 Å². The third-order valence-electron chi connectivity index (χ3n) is 4.15. The van der Waals surface area contributed by atoms with Crippen LogP contribution in [0.5, 0.6) is 0 Å².